The topological polar surface area (TPSA) is 72.4 Å². The number of hydrogen-bond acceptors (Lipinski definition) is 4. The Morgan fingerprint density at radius 1 is 1.29 bits per heavy atom. The van der Waals surface area contributed by atoms with E-state index in [0.717, 1.165) is 21.9 Å². The number of hydrogen-bond donors (Lipinski definition) is 2. The second kappa shape index (κ2) is 6.93. The third kappa shape index (κ3) is 3.77. The van der Waals surface area contributed by atoms with Gasteiger partial charge in [-0.15, -0.1) is 23.7 Å². The Labute approximate surface area is 151 Å². The number of anilines is 1. The molecular weight excluding hydrogens is 344 g/mol. The molecule has 0 aliphatic heterocycles. The quantitative estimate of drug-likeness (QED) is 0.742. The first-order chi connectivity index (χ1) is 10.8. The summed E-state index contributed by atoms with van der Waals surface area (Å²) in [4.78, 5) is 17.7. The minimum atomic E-state index is -0.554. The number of amides is 1. The predicted molar refractivity (Wildman–Crippen MR) is 102 cm³/mol. The van der Waals surface area contributed by atoms with Gasteiger partial charge in [-0.1, -0.05) is 32.9 Å². The number of nitrogens with zero attached hydrogens (tertiary/aromatic N) is 2. The second-order valence-corrected chi connectivity index (χ2v) is 7.50. The lowest BCUT2D eigenvalue weighted by molar-refractivity contribution is -0.119. The monoisotopic (exact) mass is 364 g/mol. The SMILES string of the molecule is CC(C)(C)[C@H](N)C(=O)Nc1ccc(-c2cn3ccsc3n2)cc1.Cl. The van der Waals surface area contributed by atoms with Crippen molar-refractivity contribution in [1.82, 2.24) is 9.38 Å². The summed E-state index contributed by atoms with van der Waals surface area (Å²) < 4.78 is 2.00. The predicted octanol–water partition coefficient (Wildman–Crippen LogP) is 3.80. The van der Waals surface area contributed by atoms with Crippen molar-refractivity contribution in [3.63, 3.8) is 0 Å². The van der Waals surface area contributed by atoms with Crippen LogP contribution in [-0.2, 0) is 4.79 Å². The van der Waals surface area contributed by atoms with E-state index in [2.05, 4.69) is 10.3 Å². The van der Waals surface area contributed by atoms with E-state index in [1.165, 1.54) is 0 Å². The number of halogens is 1. The largest absolute Gasteiger partial charge is 0.325 e. The highest BCUT2D eigenvalue weighted by atomic mass is 35.5. The molecular formula is C17H21ClN4OS. The maximum Gasteiger partial charge on any atom is 0.241 e. The number of thiazole rings is 1. The Bertz CT molecular complexity index is 804. The number of nitrogens with one attached hydrogen (secondary N) is 1. The molecule has 128 valence electrons. The van der Waals surface area contributed by atoms with E-state index in [-0.39, 0.29) is 23.7 Å². The number of carbonyl (C=O) groups is 1. The van der Waals surface area contributed by atoms with Crippen molar-refractivity contribution in [2.24, 2.45) is 11.1 Å². The minimum Gasteiger partial charge on any atom is -0.325 e. The molecule has 1 aromatic carbocycles. The molecule has 5 nitrogen and oxygen atoms in total. The van der Waals surface area contributed by atoms with E-state index >= 15 is 0 Å². The number of aromatic nitrogens is 2. The molecule has 0 spiro atoms. The second-order valence-electron chi connectivity index (χ2n) is 6.63. The highest BCUT2D eigenvalue weighted by Gasteiger charge is 2.27. The van der Waals surface area contributed by atoms with E-state index in [4.69, 9.17) is 5.73 Å². The molecule has 1 amide bonds. The maximum atomic E-state index is 12.1. The molecule has 0 aliphatic rings. The first kappa shape index (κ1) is 18.4. The number of fused-ring (bicyclic) bond motifs is 1. The zero-order valence-corrected chi connectivity index (χ0v) is 15.4. The average molecular weight is 365 g/mol. The summed E-state index contributed by atoms with van der Waals surface area (Å²) in [6.07, 6.45) is 3.98. The van der Waals surface area contributed by atoms with Crippen LogP contribution < -0.4 is 11.1 Å². The number of benzene rings is 1. The van der Waals surface area contributed by atoms with Crippen LogP contribution >= 0.6 is 23.7 Å². The minimum absolute atomic E-state index is 0. The number of carbonyl (C=O) groups excluding carboxylic acids is 1. The average Bonchev–Trinajstić information content (AvgIpc) is 3.07. The van der Waals surface area contributed by atoms with Crippen molar-refractivity contribution < 1.29 is 4.79 Å². The zero-order chi connectivity index (χ0) is 16.6. The van der Waals surface area contributed by atoms with Crippen LogP contribution in [0.5, 0.6) is 0 Å². The van der Waals surface area contributed by atoms with E-state index in [1.54, 1.807) is 11.3 Å². The van der Waals surface area contributed by atoms with Gasteiger partial charge >= 0.3 is 0 Å². The van der Waals surface area contributed by atoms with Gasteiger partial charge in [0.1, 0.15) is 0 Å². The van der Waals surface area contributed by atoms with Gasteiger partial charge in [-0.2, -0.15) is 0 Å². The van der Waals surface area contributed by atoms with Gasteiger partial charge < -0.3 is 11.1 Å². The molecule has 3 rings (SSSR count). The van der Waals surface area contributed by atoms with Crippen LogP contribution in [0.15, 0.2) is 42.0 Å². The Kier molecular flexibility index (Phi) is 5.32. The van der Waals surface area contributed by atoms with Crippen LogP contribution in [0.25, 0.3) is 16.2 Å². The molecule has 0 bridgehead atoms. The first-order valence-corrected chi connectivity index (χ1v) is 8.31. The zero-order valence-electron chi connectivity index (χ0n) is 13.8. The van der Waals surface area contributed by atoms with Crippen molar-refractivity contribution in [3.05, 3.63) is 42.0 Å². The molecule has 0 saturated heterocycles. The molecule has 0 unspecified atom stereocenters. The molecule has 1 atom stereocenters. The molecule has 3 aromatic rings. The Balaban J connectivity index is 0.00000208. The van der Waals surface area contributed by atoms with Gasteiger partial charge in [-0.05, 0) is 17.5 Å². The lowest BCUT2D eigenvalue weighted by atomic mass is 9.87. The van der Waals surface area contributed by atoms with E-state index < -0.39 is 6.04 Å². The van der Waals surface area contributed by atoms with Gasteiger partial charge in [0, 0.05) is 29.0 Å². The first-order valence-electron chi connectivity index (χ1n) is 7.44. The normalized spacial score (nSPS) is 12.7. The summed E-state index contributed by atoms with van der Waals surface area (Å²) in [6, 6.07) is 7.09. The molecule has 0 radical (unpaired) electrons. The van der Waals surface area contributed by atoms with E-state index in [9.17, 15) is 4.79 Å². The van der Waals surface area contributed by atoms with Crippen molar-refractivity contribution >= 4 is 40.3 Å². The van der Waals surface area contributed by atoms with Crippen LogP contribution in [0.2, 0.25) is 0 Å². The Hall–Kier alpha value is -1.89. The molecule has 3 N–H and O–H groups in total. The summed E-state index contributed by atoms with van der Waals surface area (Å²) in [5, 5.41) is 4.86. The van der Waals surface area contributed by atoms with Gasteiger partial charge in [0.05, 0.1) is 11.7 Å². The standard InChI is InChI=1S/C17H20N4OS.ClH/c1-17(2,3)14(18)15(22)19-12-6-4-11(5-7-12)13-10-21-8-9-23-16(21)20-13;/h4-10,14H,18H2,1-3H3,(H,19,22);1H/t14-;/m1./s1. The van der Waals surface area contributed by atoms with Gasteiger partial charge in [0.2, 0.25) is 5.91 Å². The summed E-state index contributed by atoms with van der Waals surface area (Å²) >= 11 is 1.60. The van der Waals surface area contributed by atoms with Crippen molar-refractivity contribution in [2.75, 3.05) is 5.32 Å². The Morgan fingerprint density at radius 2 is 1.96 bits per heavy atom. The molecule has 2 aromatic heterocycles. The Morgan fingerprint density at radius 3 is 2.54 bits per heavy atom. The molecule has 0 saturated carbocycles. The highest BCUT2D eigenvalue weighted by Crippen LogP contribution is 2.24. The maximum absolute atomic E-state index is 12.1. The fourth-order valence-corrected chi connectivity index (χ4v) is 2.90. The lowest BCUT2D eigenvalue weighted by Gasteiger charge is -2.25. The van der Waals surface area contributed by atoms with Crippen LogP contribution in [0.4, 0.5) is 5.69 Å². The fraction of sp³-hybridized carbons (Fsp3) is 0.294. The highest BCUT2D eigenvalue weighted by molar-refractivity contribution is 7.15. The molecule has 7 heteroatoms. The van der Waals surface area contributed by atoms with Gasteiger partial charge in [0.25, 0.3) is 0 Å². The fourth-order valence-electron chi connectivity index (χ4n) is 2.20. The van der Waals surface area contributed by atoms with Crippen LogP contribution in [0.1, 0.15) is 20.8 Å². The van der Waals surface area contributed by atoms with Crippen molar-refractivity contribution in [1.29, 1.82) is 0 Å². The van der Waals surface area contributed by atoms with Gasteiger partial charge in [-0.25, -0.2) is 4.98 Å². The summed E-state index contributed by atoms with van der Waals surface area (Å²) in [5.41, 5.74) is 8.37. The third-order valence-corrected chi connectivity index (χ3v) is 4.53. The van der Waals surface area contributed by atoms with Gasteiger partial charge in [0.15, 0.2) is 4.96 Å². The number of nitrogens with two attached hydrogens (primary N) is 1. The summed E-state index contributed by atoms with van der Waals surface area (Å²) in [6.45, 7) is 5.85. The molecule has 0 aliphatic carbocycles. The smallest absolute Gasteiger partial charge is 0.241 e. The molecule has 0 fully saturated rings. The summed E-state index contributed by atoms with van der Waals surface area (Å²) in [5.74, 6) is -0.173. The third-order valence-electron chi connectivity index (χ3n) is 3.76. The molecule has 24 heavy (non-hydrogen) atoms. The summed E-state index contributed by atoms with van der Waals surface area (Å²) in [7, 11) is 0. The van der Waals surface area contributed by atoms with E-state index in [0.29, 0.717) is 0 Å². The van der Waals surface area contributed by atoms with Crippen LogP contribution in [0, 0.1) is 5.41 Å². The van der Waals surface area contributed by atoms with E-state index in [1.807, 2.05) is 67.2 Å². The van der Waals surface area contributed by atoms with Crippen molar-refractivity contribution in [3.8, 4) is 11.3 Å². The van der Waals surface area contributed by atoms with Crippen LogP contribution in [-0.4, -0.2) is 21.3 Å². The number of rotatable bonds is 3. The van der Waals surface area contributed by atoms with Gasteiger partial charge in [-0.3, -0.25) is 9.20 Å². The van der Waals surface area contributed by atoms with Crippen molar-refractivity contribution in [2.45, 2.75) is 26.8 Å². The lowest BCUT2D eigenvalue weighted by Crippen LogP contribution is -2.45. The molecule has 2 heterocycles. The number of imidazole rings is 1. The van der Waals surface area contributed by atoms with Crippen LogP contribution in [0.3, 0.4) is 0 Å².